The number of ether oxygens (including phenoxy) is 1. The van der Waals surface area contributed by atoms with E-state index in [1.54, 1.807) is 0 Å². The molecule has 4 nitrogen and oxygen atoms in total. The molecule has 1 heterocycles. The Morgan fingerprint density at radius 1 is 1.44 bits per heavy atom. The molecule has 0 spiro atoms. The summed E-state index contributed by atoms with van der Waals surface area (Å²) >= 11 is 0. The molecule has 3 N–H and O–H groups in total. The topological polar surface area (TPSA) is 64.4 Å². The molecule has 2 atom stereocenters. The van der Waals surface area contributed by atoms with Gasteiger partial charge >= 0.3 is 0 Å². The quantitative estimate of drug-likeness (QED) is 0.756. The second-order valence-corrected chi connectivity index (χ2v) is 5.66. The number of carbonyl (C=O) groups is 1. The van der Waals surface area contributed by atoms with Gasteiger partial charge in [0.15, 0.2) is 0 Å². The zero-order valence-electron chi connectivity index (χ0n) is 10.6. The van der Waals surface area contributed by atoms with Crippen molar-refractivity contribution >= 4 is 5.91 Å². The molecular formula is C12H24N2O2. The largest absolute Gasteiger partial charge is 0.364 e. The first kappa shape index (κ1) is 13.5. The van der Waals surface area contributed by atoms with E-state index in [4.69, 9.17) is 10.5 Å². The van der Waals surface area contributed by atoms with Crippen LogP contribution in [0.15, 0.2) is 0 Å². The van der Waals surface area contributed by atoms with E-state index >= 15 is 0 Å². The zero-order chi connectivity index (χ0) is 12.2. The Morgan fingerprint density at radius 2 is 2.12 bits per heavy atom. The van der Waals surface area contributed by atoms with Gasteiger partial charge in [-0.2, -0.15) is 0 Å². The average Bonchev–Trinajstić information content (AvgIpc) is 2.63. The molecule has 4 heteroatoms. The molecule has 0 aliphatic carbocycles. The monoisotopic (exact) mass is 228 g/mol. The van der Waals surface area contributed by atoms with Crippen molar-refractivity contribution in [3.63, 3.8) is 0 Å². The third kappa shape index (κ3) is 4.49. The molecule has 0 aromatic carbocycles. The van der Waals surface area contributed by atoms with Gasteiger partial charge in [-0.25, -0.2) is 0 Å². The average molecular weight is 228 g/mol. The Bertz CT molecular complexity index is 236. The Morgan fingerprint density at radius 3 is 2.62 bits per heavy atom. The Labute approximate surface area is 97.9 Å². The molecule has 94 valence electrons. The number of hydrogen-bond donors (Lipinski definition) is 2. The van der Waals surface area contributed by atoms with Gasteiger partial charge in [0.05, 0.1) is 6.10 Å². The summed E-state index contributed by atoms with van der Waals surface area (Å²) in [5.74, 6) is 0.0141. The minimum absolute atomic E-state index is 0.0141. The highest BCUT2D eigenvalue weighted by Crippen LogP contribution is 2.20. The lowest BCUT2D eigenvalue weighted by Gasteiger charge is -2.19. The van der Waals surface area contributed by atoms with Crippen molar-refractivity contribution in [3.8, 4) is 0 Å². The highest BCUT2D eigenvalue weighted by atomic mass is 16.5. The van der Waals surface area contributed by atoms with Crippen molar-refractivity contribution in [2.75, 3.05) is 13.1 Å². The maximum atomic E-state index is 11.7. The zero-order valence-corrected chi connectivity index (χ0v) is 10.6. The lowest BCUT2D eigenvalue weighted by molar-refractivity contribution is -0.131. The minimum atomic E-state index is -0.284. The summed E-state index contributed by atoms with van der Waals surface area (Å²) in [6.45, 7) is 7.71. The second-order valence-electron chi connectivity index (χ2n) is 5.66. The van der Waals surface area contributed by atoms with E-state index in [1.807, 2.05) is 0 Å². The van der Waals surface area contributed by atoms with Crippen LogP contribution in [0.25, 0.3) is 0 Å². The van der Waals surface area contributed by atoms with Crippen LogP contribution in [0, 0.1) is 5.41 Å². The van der Waals surface area contributed by atoms with E-state index in [1.165, 1.54) is 0 Å². The first-order chi connectivity index (χ1) is 7.42. The van der Waals surface area contributed by atoms with E-state index in [-0.39, 0.29) is 23.5 Å². The van der Waals surface area contributed by atoms with Gasteiger partial charge in [-0.3, -0.25) is 4.79 Å². The van der Waals surface area contributed by atoms with E-state index in [0.717, 1.165) is 25.8 Å². The van der Waals surface area contributed by atoms with E-state index in [2.05, 4.69) is 26.1 Å². The standard InChI is InChI=1S/C12H24N2O2/c1-12(2,3)6-7-14-11(15)10-5-4-9(8-13)16-10/h9-10H,4-8,13H2,1-3H3,(H,14,15)/t9-,10+/m1/s1. The van der Waals surface area contributed by atoms with Crippen LogP contribution in [0.5, 0.6) is 0 Å². The number of rotatable bonds is 4. The van der Waals surface area contributed by atoms with Crippen LogP contribution in [-0.2, 0) is 9.53 Å². The molecule has 16 heavy (non-hydrogen) atoms. The van der Waals surface area contributed by atoms with Crippen LogP contribution < -0.4 is 11.1 Å². The Kier molecular flexibility index (Phi) is 4.74. The number of hydrogen-bond acceptors (Lipinski definition) is 3. The van der Waals surface area contributed by atoms with Crippen molar-refractivity contribution in [3.05, 3.63) is 0 Å². The Balaban J connectivity index is 2.21. The first-order valence-corrected chi connectivity index (χ1v) is 6.05. The summed E-state index contributed by atoms with van der Waals surface area (Å²) in [6.07, 6.45) is 2.45. The molecule has 0 radical (unpaired) electrons. The predicted molar refractivity (Wildman–Crippen MR) is 64.0 cm³/mol. The predicted octanol–water partition coefficient (Wildman–Crippen LogP) is 1.05. The number of nitrogens with one attached hydrogen (secondary N) is 1. The van der Waals surface area contributed by atoms with Gasteiger partial charge in [0.2, 0.25) is 5.91 Å². The number of nitrogens with two attached hydrogens (primary N) is 1. The lowest BCUT2D eigenvalue weighted by atomic mass is 9.92. The molecular weight excluding hydrogens is 204 g/mol. The van der Waals surface area contributed by atoms with Crippen molar-refractivity contribution in [1.29, 1.82) is 0 Å². The molecule has 1 amide bonds. The van der Waals surface area contributed by atoms with E-state index in [9.17, 15) is 4.79 Å². The number of carbonyl (C=O) groups excluding carboxylic acids is 1. The molecule has 0 aromatic rings. The molecule has 1 saturated heterocycles. The van der Waals surface area contributed by atoms with Crippen molar-refractivity contribution in [1.82, 2.24) is 5.32 Å². The highest BCUT2D eigenvalue weighted by Gasteiger charge is 2.29. The second kappa shape index (κ2) is 5.64. The number of amides is 1. The van der Waals surface area contributed by atoms with Crippen LogP contribution in [0.1, 0.15) is 40.0 Å². The first-order valence-electron chi connectivity index (χ1n) is 6.05. The third-order valence-electron chi connectivity index (χ3n) is 2.84. The third-order valence-corrected chi connectivity index (χ3v) is 2.84. The van der Waals surface area contributed by atoms with Crippen molar-refractivity contribution in [2.45, 2.75) is 52.2 Å². The van der Waals surface area contributed by atoms with E-state index in [0.29, 0.717) is 6.54 Å². The van der Waals surface area contributed by atoms with Gasteiger partial charge in [-0.1, -0.05) is 20.8 Å². The molecule has 1 fully saturated rings. The smallest absolute Gasteiger partial charge is 0.249 e. The highest BCUT2D eigenvalue weighted by molar-refractivity contribution is 5.80. The fraction of sp³-hybridized carbons (Fsp3) is 0.917. The van der Waals surface area contributed by atoms with Gasteiger partial charge in [0.1, 0.15) is 6.10 Å². The van der Waals surface area contributed by atoms with Gasteiger partial charge in [-0.15, -0.1) is 0 Å². The summed E-state index contributed by atoms with van der Waals surface area (Å²) in [6, 6.07) is 0. The summed E-state index contributed by atoms with van der Waals surface area (Å²) in [5.41, 5.74) is 5.75. The fourth-order valence-corrected chi connectivity index (χ4v) is 1.75. The summed E-state index contributed by atoms with van der Waals surface area (Å²) < 4.78 is 5.52. The molecule has 1 aliphatic rings. The van der Waals surface area contributed by atoms with Gasteiger partial charge in [0.25, 0.3) is 0 Å². The molecule has 0 unspecified atom stereocenters. The maximum Gasteiger partial charge on any atom is 0.249 e. The molecule has 0 saturated carbocycles. The van der Waals surface area contributed by atoms with Crippen LogP contribution in [0.3, 0.4) is 0 Å². The lowest BCUT2D eigenvalue weighted by Crippen LogP contribution is -2.36. The van der Waals surface area contributed by atoms with Crippen LogP contribution in [0.4, 0.5) is 0 Å². The van der Waals surface area contributed by atoms with Crippen molar-refractivity contribution < 1.29 is 9.53 Å². The van der Waals surface area contributed by atoms with Crippen LogP contribution in [0.2, 0.25) is 0 Å². The summed E-state index contributed by atoms with van der Waals surface area (Å²) in [4.78, 5) is 11.7. The van der Waals surface area contributed by atoms with Crippen LogP contribution >= 0.6 is 0 Å². The molecule has 1 aliphatic heterocycles. The Hall–Kier alpha value is -0.610. The van der Waals surface area contributed by atoms with Gasteiger partial charge in [0, 0.05) is 13.1 Å². The molecule has 0 aromatic heterocycles. The minimum Gasteiger partial charge on any atom is -0.364 e. The summed E-state index contributed by atoms with van der Waals surface area (Å²) in [7, 11) is 0. The maximum absolute atomic E-state index is 11.7. The fourth-order valence-electron chi connectivity index (χ4n) is 1.75. The normalized spacial score (nSPS) is 25.8. The molecule has 0 bridgehead atoms. The SMILES string of the molecule is CC(C)(C)CCNC(=O)[C@@H]1CC[C@H](CN)O1. The van der Waals surface area contributed by atoms with Gasteiger partial charge in [-0.05, 0) is 24.7 Å². The molecule has 1 rings (SSSR count). The van der Waals surface area contributed by atoms with Gasteiger partial charge < -0.3 is 15.8 Å². The van der Waals surface area contributed by atoms with Crippen LogP contribution in [-0.4, -0.2) is 31.2 Å². The van der Waals surface area contributed by atoms with Crippen molar-refractivity contribution in [2.24, 2.45) is 11.1 Å². The van der Waals surface area contributed by atoms with E-state index < -0.39 is 0 Å². The summed E-state index contributed by atoms with van der Waals surface area (Å²) in [5, 5.41) is 2.92.